The second-order valence-electron chi connectivity index (χ2n) is 5.32. The molecule has 0 bridgehead atoms. The standard InChI is InChI=1S/C14H21NO4/c1-5-15(13(18)19-14(2,3)4)9-10-6-7-11(16)12(17)8-10/h6-8,16-17H,5,9H2,1-4H3. The molecule has 0 aliphatic rings. The molecule has 0 saturated carbocycles. The van der Waals surface area contributed by atoms with Crippen LogP contribution in [0.3, 0.4) is 0 Å². The molecular formula is C14H21NO4. The summed E-state index contributed by atoms with van der Waals surface area (Å²) in [5.41, 5.74) is 0.185. The lowest BCUT2D eigenvalue weighted by molar-refractivity contribution is 0.0244. The van der Waals surface area contributed by atoms with Crippen LogP contribution in [0.15, 0.2) is 18.2 Å². The first kappa shape index (κ1) is 15.1. The minimum Gasteiger partial charge on any atom is -0.504 e. The van der Waals surface area contributed by atoms with Crippen LogP contribution in [0.1, 0.15) is 33.3 Å². The van der Waals surface area contributed by atoms with Crippen molar-refractivity contribution in [3.8, 4) is 11.5 Å². The number of nitrogens with zero attached hydrogens (tertiary/aromatic N) is 1. The number of phenolic OH excluding ortho intramolecular Hbond substituents is 2. The van der Waals surface area contributed by atoms with Gasteiger partial charge in [0, 0.05) is 13.1 Å². The summed E-state index contributed by atoms with van der Waals surface area (Å²) in [6.45, 7) is 8.10. The molecule has 106 valence electrons. The molecule has 1 rings (SSSR count). The van der Waals surface area contributed by atoms with Crippen LogP contribution in [0, 0.1) is 0 Å². The van der Waals surface area contributed by atoms with Gasteiger partial charge < -0.3 is 19.8 Å². The fraction of sp³-hybridized carbons (Fsp3) is 0.500. The zero-order valence-electron chi connectivity index (χ0n) is 11.8. The van der Waals surface area contributed by atoms with E-state index in [2.05, 4.69) is 0 Å². The Balaban J connectivity index is 2.76. The van der Waals surface area contributed by atoms with Gasteiger partial charge in [-0.2, -0.15) is 0 Å². The molecule has 0 fully saturated rings. The van der Waals surface area contributed by atoms with Crippen molar-refractivity contribution in [3.63, 3.8) is 0 Å². The smallest absolute Gasteiger partial charge is 0.410 e. The summed E-state index contributed by atoms with van der Waals surface area (Å²) in [4.78, 5) is 13.5. The number of rotatable bonds is 3. The van der Waals surface area contributed by atoms with E-state index in [-0.39, 0.29) is 11.5 Å². The maximum Gasteiger partial charge on any atom is 0.410 e. The van der Waals surface area contributed by atoms with E-state index in [4.69, 9.17) is 4.74 Å². The van der Waals surface area contributed by atoms with Gasteiger partial charge in [-0.25, -0.2) is 4.79 Å². The molecule has 1 aromatic rings. The van der Waals surface area contributed by atoms with E-state index < -0.39 is 11.7 Å². The van der Waals surface area contributed by atoms with Crippen molar-refractivity contribution in [2.75, 3.05) is 6.54 Å². The van der Waals surface area contributed by atoms with E-state index in [0.717, 1.165) is 5.56 Å². The number of benzene rings is 1. The van der Waals surface area contributed by atoms with Crippen molar-refractivity contribution in [3.05, 3.63) is 23.8 Å². The summed E-state index contributed by atoms with van der Waals surface area (Å²) in [6, 6.07) is 4.48. The lowest BCUT2D eigenvalue weighted by Gasteiger charge is -2.26. The van der Waals surface area contributed by atoms with E-state index >= 15 is 0 Å². The number of carbonyl (C=O) groups excluding carboxylic acids is 1. The molecule has 1 aromatic carbocycles. The first-order valence-corrected chi connectivity index (χ1v) is 6.21. The molecule has 0 atom stereocenters. The van der Waals surface area contributed by atoms with Gasteiger partial charge in [-0.15, -0.1) is 0 Å². The van der Waals surface area contributed by atoms with Crippen LogP contribution in [0.2, 0.25) is 0 Å². The van der Waals surface area contributed by atoms with Gasteiger partial charge in [-0.3, -0.25) is 0 Å². The molecule has 19 heavy (non-hydrogen) atoms. The summed E-state index contributed by atoms with van der Waals surface area (Å²) < 4.78 is 5.29. The topological polar surface area (TPSA) is 70.0 Å². The molecule has 0 radical (unpaired) electrons. The molecule has 0 aliphatic carbocycles. The highest BCUT2D eigenvalue weighted by Crippen LogP contribution is 2.25. The highest BCUT2D eigenvalue weighted by atomic mass is 16.6. The zero-order valence-corrected chi connectivity index (χ0v) is 11.8. The van der Waals surface area contributed by atoms with Crippen LogP contribution >= 0.6 is 0 Å². The predicted octanol–water partition coefficient (Wildman–Crippen LogP) is 2.85. The molecule has 2 N–H and O–H groups in total. The molecule has 1 amide bonds. The minimum absolute atomic E-state index is 0.177. The monoisotopic (exact) mass is 267 g/mol. The summed E-state index contributed by atoms with van der Waals surface area (Å²) in [7, 11) is 0. The first-order valence-electron chi connectivity index (χ1n) is 6.21. The Labute approximate surface area is 113 Å². The molecule has 0 spiro atoms. The van der Waals surface area contributed by atoms with Gasteiger partial charge in [-0.05, 0) is 45.4 Å². The Morgan fingerprint density at radius 1 is 1.26 bits per heavy atom. The summed E-state index contributed by atoms with van der Waals surface area (Å²) in [6.07, 6.45) is -0.400. The summed E-state index contributed by atoms with van der Waals surface area (Å²) in [5, 5.41) is 18.7. The van der Waals surface area contributed by atoms with Gasteiger partial charge in [0.05, 0.1) is 0 Å². The van der Waals surface area contributed by atoms with Crippen molar-refractivity contribution >= 4 is 6.09 Å². The molecule has 5 heteroatoms. The van der Waals surface area contributed by atoms with E-state index in [1.807, 2.05) is 27.7 Å². The average molecular weight is 267 g/mol. The number of hydrogen-bond acceptors (Lipinski definition) is 4. The molecule has 0 aromatic heterocycles. The average Bonchev–Trinajstić information content (AvgIpc) is 2.28. The second-order valence-corrected chi connectivity index (χ2v) is 5.32. The van der Waals surface area contributed by atoms with Gasteiger partial charge >= 0.3 is 6.09 Å². The van der Waals surface area contributed by atoms with Gasteiger partial charge in [0.15, 0.2) is 11.5 Å². The maximum absolute atomic E-state index is 11.9. The van der Waals surface area contributed by atoms with Gasteiger partial charge in [0.1, 0.15) is 5.60 Å². The number of ether oxygens (including phenoxy) is 1. The highest BCUT2D eigenvalue weighted by Gasteiger charge is 2.21. The van der Waals surface area contributed by atoms with Crippen LogP contribution < -0.4 is 0 Å². The van der Waals surface area contributed by atoms with Gasteiger partial charge in [-0.1, -0.05) is 6.07 Å². The van der Waals surface area contributed by atoms with Crippen molar-refractivity contribution in [2.45, 2.75) is 39.8 Å². The van der Waals surface area contributed by atoms with Crippen LogP contribution in [0.5, 0.6) is 11.5 Å². The lowest BCUT2D eigenvalue weighted by atomic mass is 10.2. The molecular weight excluding hydrogens is 246 g/mol. The second kappa shape index (κ2) is 5.82. The van der Waals surface area contributed by atoms with Crippen LogP contribution in [-0.2, 0) is 11.3 Å². The zero-order chi connectivity index (χ0) is 14.6. The van der Waals surface area contributed by atoms with E-state index in [1.54, 1.807) is 6.07 Å². The van der Waals surface area contributed by atoms with E-state index in [9.17, 15) is 15.0 Å². The summed E-state index contributed by atoms with van der Waals surface area (Å²) in [5.74, 6) is -0.373. The van der Waals surface area contributed by atoms with E-state index in [1.165, 1.54) is 17.0 Å². The number of amides is 1. The Hall–Kier alpha value is -1.91. The Morgan fingerprint density at radius 3 is 2.37 bits per heavy atom. The van der Waals surface area contributed by atoms with Crippen LogP contribution in [0.25, 0.3) is 0 Å². The predicted molar refractivity (Wildman–Crippen MR) is 72.1 cm³/mol. The fourth-order valence-corrected chi connectivity index (χ4v) is 1.52. The maximum atomic E-state index is 11.9. The van der Waals surface area contributed by atoms with Gasteiger partial charge in [0.2, 0.25) is 0 Å². The number of aromatic hydroxyl groups is 2. The third-order valence-electron chi connectivity index (χ3n) is 2.45. The van der Waals surface area contributed by atoms with E-state index in [0.29, 0.717) is 13.1 Å². The number of phenols is 2. The minimum atomic E-state index is -0.540. The van der Waals surface area contributed by atoms with Crippen molar-refractivity contribution in [2.24, 2.45) is 0 Å². The Bertz CT molecular complexity index is 451. The van der Waals surface area contributed by atoms with Crippen molar-refractivity contribution < 1.29 is 19.7 Å². The van der Waals surface area contributed by atoms with Crippen molar-refractivity contribution in [1.82, 2.24) is 4.90 Å². The number of hydrogen-bond donors (Lipinski definition) is 2. The van der Waals surface area contributed by atoms with Crippen LogP contribution in [-0.4, -0.2) is 33.4 Å². The highest BCUT2D eigenvalue weighted by molar-refractivity contribution is 5.68. The third kappa shape index (κ3) is 4.69. The number of carbonyl (C=O) groups is 1. The van der Waals surface area contributed by atoms with Gasteiger partial charge in [0.25, 0.3) is 0 Å². The third-order valence-corrected chi connectivity index (χ3v) is 2.45. The summed E-state index contributed by atoms with van der Waals surface area (Å²) >= 11 is 0. The largest absolute Gasteiger partial charge is 0.504 e. The fourth-order valence-electron chi connectivity index (χ4n) is 1.52. The molecule has 0 aliphatic heterocycles. The normalized spacial score (nSPS) is 11.2. The van der Waals surface area contributed by atoms with Crippen molar-refractivity contribution in [1.29, 1.82) is 0 Å². The van der Waals surface area contributed by atoms with Crippen LogP contribution in [0.4, 0.5) is 4.79 Å². The molecule has 5 nitrogen and oxygen atoms in total. The SMILES string of the molecule is CCN(Cc1ccc(O)c(O)c1)C(=O)OC(C)(C)C. The quantitative estimate of drug-likeness (QED) is 0.826. The Morgan fingerprint density at radius 2 is 1.89 bits per heavy atom. The lowest BCUT2D eigenvalue weighted by Crippen LogP contribution is -2.36. The molecule has 0 heterocycles. The first-order chi connectivity index (χ1) is 8.73. The molecule has 0 saturated heterocycles. The molecule has 0 unspecified atom stereocenters. The Kier molecular flexibility index (Phi) is 4.64.